The van der Waals surface area contributed by atoms with Crippen LogP contribution in [0.15, 0.2) is 60.7 Å². The molecule has 120 valence electrons. The quantitative estimate of drug-likeness (QED) is 0.819. The number of nitrogens with one attached hydrogen (secondary N) is 2. The first kappa shape index (κ1) is 16.3. The van der Waals surface area contributed by atoms with Crippen LogP contribution in [0.5, 0.6) is 0 Å². The molecule has 1 aliphatic heterocycles. The first-order chi connectivity index (χ1) is 11.3. The van der Waals surface area contributed by atoms with Gasteiger partial charge in [-0.3, -0.25) is 0 Å². The van der Waals surface area contributed by atoms with Gasteiger partial charge in [-0.05, 0) is 23.8 Å². The highest BCUT2D eigenvalue weighted by Crippen LogP contribution is 2.09. The lowest BCUT2D eigenvalue weighted by Gasteiger charge is -2.29. The van der Waals surface area contributed by atoms with Crippen LogP contribution in [0.3, 0.4) is 0 Å². The van der Waals surface area contributed by atoms with Gasteiger partial charge in [0.1, 0.15) is 32.7 Å². The van der Waals surface area contributed by atoms with E-state index >= 15 is 0 Å². The van der Waals surface area contributed by atoms with Crippen molar-refractivity contribution < 1.29 is 9.80 Å². The number of piperazine rings is 1. The van der Waals surface area contributed by atoms with E-state index in [0.717, 1.165) is 18.1 Å². The van der Waals surface area contributed by atoms with Crippen molar-refractivity contribution in [1.29, 1.82) is 0 Å². The molecule has 2 N–H and O–H groups in total. The highest BCUT2D eigenvalue weighted by atomic mass is 35.5. The lowest BCUT2D eigenvalue weighted by atomic mass is 10.2. The Morgan fingerprint density at radius 3 is 2.35 bits per heavy atom. The molecule has 0 radical (unpaired) electrons. The van der Waals surface area contributed by atoms with Gasteiger partial charge in [0.25, 0.3) is 0 Å². The zero-order chi connectivity index (χ0) is 15.9. The molecule has 3 rings (SSSR count). The summed E-state index contributed by atoms with van der Waals surface area (Å²) in [6, 6.07) is 18.8. The zero-order valence-electron chi connectivity index (χ0n) is 13.5. The maximum absolute atomic E-state index is 6.07. The first-order valence-corrected chi connectivity index (χ1v) is 8.80. The van der Waals surface area contributed by atoms with Crippen molar-refractivity contribution in [3.05, 3.63) is 76.8 Å². The molecule has 0 amide bonds. The van der Waals surface area contributed by atoms with Gasteiger partial charge in [0, 0.05) is 10.6 Å². The average Bonchev–Trinajstić information content (AvgIpc) is 2.58. The topological polar surface area (TPSA) is 8.88 Å². The summed E-state index contributed by atoms with van der Waals surface area (Å²) in [6.07, 6.45) is 4.55. The maximum atomic E-state index is 6.07. The average molecular weight is 329 g/mol. The van der Waals surface area contributed by atoms with E-state index < -0.39 is 0 Å². The van der Waals surface area contributed by atoms with E-state index in [2.05, 4.69) is 54.6 Å². The summed E-state index contributed by atoms with van der Waals surface area (Å²) in [6.45, 7) is 7.18. The summed E-state index contributed by atoms with van der Waals surface area (Å²) >= 11 is 6.07. The third-order valence-electron chi connectivity index (χ3n) is 4.52. The van der Waals surface area contributed by atoms with Crippen LogP contribution in [0.25, 0.3) is 6.08 Å². The minimum Gasteiger partial charge on any atom is -0.322 e. The van der Waals surface area contributed by atoms with E-state index in [9.17, 15) is 0 Å². The Balaban J connectivity index is 1.42. The number of hydrogen-bond acceptors (Lipinski definition) is 0. The van der Waals surface area contributed by atoms with Crippen LogP contribution in [0.2, 0.25) is 5.02 Å². The lowest BCUT2D eigenvalue weighted by Crippen LogP contribution is -3.27. The van der Waals surface area contributed by atoms with Gasteiger partial charge in [-0.1, -0.05) is 60.1 Å². The minimum atomic E-state index is 0.845. The molecule has 2 aromatic rings. The van der Waals surface area contributed by atoms with Gasteiger partial charge in [0.15, 0.2) is 0 Å². The van der Waals surface area contributed by atoms with Crippen molar-refractivity contribution in [2.45, 2.75) is 6.54 Å². The second-order valence-electron chi connectivity index (χ2n) is 6.32. The van der Waals surface area contributed by atoms with Crippen LogP contribution < -0.4 is 9.80 Å². The maximum Gasteiger partial charge on any atom is 0.127 e. The van der Waals surface area contributed by atoms with Crippen molar-refractivity contribution in [3.8, 4) is 0 Å². The molecular formula is C20H25ClN2+2. The summed E-state index contributed by atoms with van der Waals surface area (Å²) in [4.78, 5) is 3.36. The molecule has 0 aromatic heterocycles. The molecule has 0 bridgehead atoms. The van der Waals surface area contributed by atoms with Gasteiger partial charge < -0.3 is 9.80 Å². The van der Waals surface area contributed by atoms with Crippen LogP contribution in [0.1, 0.15) is 11.1 Å². The molecule has 0 aliphatic carbocycles. The zero-order valence-corrected chi connectivity index (χ0v) is 14.2. The molecule has 2 aromatic carbocycles. The van der Waals surface area contributed by atoms with E-state index in [1.54, 1.807) is 9.80 Å². The largest absolute Gasteiger partial charge is 0.322 e. The molecule has 3 heteroatoms. The number of hydrogen-bond donors (Lipinski definition) is 2. The van der Waals surface area contributed by atoms with Crippen molar-refractivity contribution in [2.24, 2.45) is 0 Å². The number of halogens is 1. The SMILES string of the molecule is Clc1cccc(C[NH+]2CC[NH+](C/C=C/c3ccccc3)CC2)c1. The second kappa shape index (κ2) is 8.30. The Bertz CT molecular complexity index is 631. The summed E-state index contributed by atoms with van der Waals surface area (Å²) < 4.78 is 0. The fourth-order valence-electron chi connectivity index (χ4n) is 3.20. The fourth-order valence-corrected chi connectivity index (χ4v) is 3.41. The Labute approximate surface area is 144 Å². The van der Waals surface area contributed by atoms with E-state index in [1.165, 1.54) is 37.3 Å². The van der Waals surface area contributed by atoms with Gasteiger partial charge >= 0.3 is 0 Å². The standard InChI is InChI=1S/C20H23ClN2/c21-20-10-4-8-19(16-20)17-23-14-12-22(13-15-23)11-5-9-18-6-2-1-3-7-18/h1-10,16H,11-15,17H2/p+2/b9-5+. The third kappa shape index (κ3) is 5.21. The molecular weight excluding hydrogens is 304 g/mol. The highest BCUT2D eigenvalue weighted by molar-refractivity contribution is 6.30. The molecule has 1 heterocycles. The molecule has 1 aliphatic rings. The van der Waals surface area contributed by atoms with E-state index in [4.69, 9.17) is 11.6 Å². The second-order valence-corrected chi connectivity index (χ2v) is 6.76. The van der Waals surface area contributed by atoms with Crippen LogP contribution in [0.4, 0.5) is 0 Å². The van der Waals surface area contributed by atoms with Crippen LogP contribution >= 0.6 is 11.6 Å². The molecule has 23 heavy (non-hydrogen) atoms. The number of benzene rings is 2. The predicted molar refractivity (Wildman–Crippen MR) is 96.9 cm³/mol. The summed E-state index contributed by atoms with van der Waals surface area (Å²) in [7, 11) is 0. The number of quaternary nitrogens is 2. The van der Waals surface area contributed by atoms with E-state index in [0.29, 0.717) is 0 Å². The third-order valence-corrected chi connectivity index (χ3v) is 4.76. The van der Waals surface area contributed by atoms with Gasteiger partial charge in [-0.15, -0.1) is 0 Å². The molecule has 0 atom stereocenters. The molecule has 2 nitrogen and oxygen atoms in total. The van der Waals surface area contributed by atoms with Gasteiger partial charge in [-0.25, -0.2) is 0 Å². The predicted octanol–water partition coefficient (Wildman–Crippen LogP) is 1.34. The normalized spacial score (nSPS) is 21.6. The van der Waals surface area contributed by atoms with Crippen LogP contribution in [-0.2, 0) is 6.54 Å². The van der Waals surface area contributed by atoms with Crippen LogP contribution in [-0.4, -0.2) is 32.7 Å². The van der Waals surface area contributed by atoms with Crippen LogP contribution in [0, 0.1) is 0 Å². The van der Waals surface area contributed by atoms with Crippen molar-refractivity contribution in [2.75, 3.05) is 32.7 Å². The van der Waals surface area contributed by atoms with E-state index in [1.807, 2.05) is 12.1 Å². The molecule has 0 unspecified atom stereocenters. The molecule has 1 saturated heterocycles. The summed E-state index contributed by atoms with van der Waals surface area (Å²) in [5.74, 6) is 0. The molecule has 0 spiro atoms. The Hall–Kier alpha value is -1.61. The Kier molecular flexibility index (Phi) is 5.87. The lowest BCUT2D eigenvalue weighted by molar-refractivity contribution is -1.02. The van der Waals surface area contributed by atoms with Gasteiger partial charge in [0.2, 0.25) is 0 Å². The van der Waals surface area contributed by atoms with Gasteiger partial charge in [-0.2, -0.15) is 0 Å². The summed E-state index contributed by atoms with van der Waals surface area (Å²) in [5.41, 5.74) is 2.64. The van der Waals surface area contributed by atoms with Gasteiger partial charge in [0.05, 0.1) is 6.54 Å². The molecule has 1 fully saturated rings. The van der Waals surface area contributed by atoms with Crippen molar-refractivity contribution >= 4 is 17.7 Å². The van der Waals surface area contributed by atoms with E-state index in [-0.39, 0.29) is 0 Å². The molecule has 0 saturated carbocycles. The smallest absolute Gasteiger partial charge is 0.127 e. The first-order valence-electron chi connectivity index (χ1n) is 8.43. The summed E-state index contributed by atoms with van der Waals surface area (Å²) in [5, 5.41) is 0.845. The highest BCUT2D eigenvalue weighted by Gasteiger charge is 2.21. The minimum absolute atomic E-state index is 0.845. The fraction of sp³-hybridized carbons (Fsp3) is 0.300. The monoisotopic (exact) mass is 328 g/mol. The Morgan fingerprint density at radius 2 is 1.61 bits per heavy atom. The number of rotatable bonds is 5. The van der Waals surface area contributed by atoms with Crippen molar-refractivity contribution in [1.82, 2.24) is 0 Å². The Morgan fingerprint density at radius 1 is 0.870 bits per heavy atom. The van der Waals surface area contributed by atoms with Crippen molar-refractivity contribution in [3.63, 3.8) is 0 Å².